The van der Waals surface area contributed by atoms with Crippen molar-refractivity contribution in [2.24, 2.45) is 0 Å². The number of nitrogen functional groups attached to an aromatic ring is 1. The maximum absolute atomic E-state index is 5.75. The minimum atomic E-state index is 0. The first-order valence-electron chi connectivity index (χ1n) is 6.30. The smallest absolute Gasteiger partial charge is 0.180 e. The molecule has 5 heteroatoms. The topological polar surface area (TPSA) is 48.1 Å². The highest BCUT2D eigenvalue weighted by atomic mass is 79.9. The van der Waals surface area contributed by atoms with E-state index in [4.69, 9.17) is 10.5 Å². The van der Waals surface area contributed by atoms with E-state index in [1.165, 1.54) is 11.3 Å². The Morgan fingerprint density at radius 2 is 1.71 bits per heavy atom. The summed E-state index contributed by atoms with van der Waals surface area (Å²) in [6.07, 6.45) is 1.79. The van der Waals surface area contributed by atoms with Crippen LogP contribution >= 0.6 is 28.3 Å². The van der Waals surface area contributed by atoms with Crippen LogP contribution < -0.4 is 10.5 Å². The van der Waals surface area contributed by atoms with Crippen LogP contribution in [0.15, 0.2) is 60.8 Å². The summed E-state index contributed by atoms with van der Waals surface area (Å²) < 4.78 is 5.75. The molecule has 0 radical (unpaired) electrons. The maximum atomic E-state index is 5.75. The van der Waals surface area contributed by atoms with Gasteiger partial charge in [-0.2, -0.15) is 0 Å². The second-order valence-electron chi connectivity index (χ2n) is 4.36. The Morgan fingerprint density at radius 3 is 2.33 bits per heavy atom. The Kier molecular flexibility index (Phi) is 5.36. The van der Waals surface area contributed by atoms with Crippen molar-refractivity contribution >= 4 is 33.4 Å². The summed E-state index contributed by atoms with van der Waals surface area (Å²) in [7, 11) is 0. The fraction of sp³-hybridized carbons (Fsp3) is 0.0625. The minimum Gasteiger partial charge on any atom is -0.489 e. The van der Waals surface area contributed by atoms with Crippen LogP contribution in [-0.2, 0) is 6.61 Å². The Hall–Kier alpha value is -1.85. The Morgan fingerprint density at radius 1 is 1.00 bits per heavy atom. The molecule has 1 heterocycles. The number of nitrogens with zero attached hydrogens (tertiary/aromatic N) is 1. The molecule has 3 nitrogen and oxygen atoms in total. The van der Waals surface area contributed by atoms with Crippen molar-refractivity contribution in [1.29, 1.82) is 0 Å². The maximum Gasteiger partial charge on any atom is 0.180 e. The molecule has 0 spiro atoms. The van der Waals surface area contributed by atoms with Crippen molar-refractivity contribution < 1.29 is 4.74 Å². The quantitative estimate of drug-likeness (QED) is 0.740. The third kappa shape index (κ3) is 4.06. The van der Waals surface area contributed by atoms with Gasteiger partial charge in [0.05, 0.1) is 4.88 Å². The molecule has 0 bridgehead atoms. The number of nitrogens with two attached hydrogens (primary N) is 1. The van der Waals surface area contributed by atoms with Gasteiger partial charge >= 0.3 is 0 Å². The van der Waals surface area contributed by atoms with Crippen LogP contribution in [0, 0.1) is 0 Å². The number of hydrogen-bond donors (Lipinski definition) is 1. The van der Waals surface area contributed by atoms with Gasteiger partial charge in [-0.3, -0.25) is 0 Å². The van der Waals surface area contributed by atoms with Gasteiger partial charge in [0, 0.05) is 6.20 Å². The molecular formula is C16H15BrN2OS. The number of aromatic nitrogens is 1. The molecule has 0 amide bonds. The highest BCUT2D eigenvalue weighted by Crippen LogP contribution is 2.28. The number of ether oxygens (including phenoxy) is 1. The molecule has 0 atom stereocenters. The number of rotatable bonds is 4. The zero-order chi connectivity index (χ0) is 13.8. The summed E-state index contributed by atoms with van der Waals surface area (Å²) in [6, 6.07) is 18.1. The molecule has 0 aliphatic carbocycles. The molecule has 1 aromatic heterocycles. The number of thiazole rings is 1. The number of hydrogen-bond acceptors (Lipinski definition) is 4. The molecule has 2 N–H and O–H groups in total. The van der Waals surface area contributed by atoms with Crippen molar-refractivity contribution in [3.63, 3.8) is 0 Å². The van der Waals surface area contributed by atoms with E-state index in [2.05, 4.69) is 17.1 Å². The predicted octanol–water partition coefficient (Wildman–Crippen LogP) is 4.55. The molecule has 2 aromatic carbocycles. The third-order valence-electron chi connectivity index (χ3n) is 2.91. The minimum absolute atomic E-state index is 0. The van der Waals surface area contributed by atoms with E-state index in [1.807, 2.05) is 42.5 Å². The summed E-state index contributed by atoms with van der Waals surface area (Å²) in [4.78, 5) is 5.12. The summed E-state index contributed by atoms with van der Waals surface area (Å²) in [5, 5.41) is 0.587. The number of anilines is 1. The van der Waals surface area contributed by atoms with Crippen molar-refractivity contribution in [3.8, 4) is 16.2 Å². The highest BCUT2D eigenvalue weighted by molar-refractivity contribution is 8.93. The first-order chi connectivity index (χ1) is 9.81. The average Bonchev–Trinajstić information content (AvgIpc) is 2.93. The highest BCUT2D eigenvalue weighted by Gasteiger charge is 2.02. The lowest BCUT2D eigenvalue weighted by molar-refractivity contribution is 0.306. The Balaban J connectivity index is 0.00000161. The molecule has 108 valence electrons. The van der Waals surface area contributed by atoms with Crippen molar-refractivity contribution in [2.75, 3.05) is 5.73 Å². The van der Waals surface area contributed by atoms with E-state index < -0.39 is 0 Å². The Labute approximate surface area is 138 Å². The van der Waals surface area contributed by atoms with Gasteiger partial charge in [-0.15, -0.1) is 17.0 Å². The lowest BCUT2D eigenvalue weighted by Gasteiger charge is -2.06. The standard InChI is InChI=1S/C16H14N2OS.BrH/c17-16-18-10-15(20-16)13-6-8-14(9-7-13)19-11-12-4-2-1-3-5-12;/h1-10H,11H2,(H2,17,18);1H. The molecule has 0 aliphatic rings. The van der Waals surface area contributed by atoms with Gasteiger partial charge in [0.15, 0.2) is 5.13 Å². The van der Waals surface area contributed by atoms with Crippen molar-refractivity contribution in [2.45, 2.75) is 6.61 Å². The van der Waals surface area contributed by atoms with Gasteiger partial charge in [0.2, 0.25) is 0 Å². The molecule has 21 heavy (non-hydrogen) atoms. The SMILES string of the molecule is Br.Nc1ncc(-c2ccc(OCc3ccccc3)cc2)s1. The van der Waals surface area contributed by atoms with Gasteiger partial charge in [0.1, 0.15) is 12.4 Å². The number of benzene rings is 2. The largest absolute Gasteiger partial charge is 0.489 e. The molecule has 3 rings (SSSR count). The van der Waals surface area contributed by atoms with E-state index in [9.17, 15) is 0 Å². The van der Waals surface area contributed by atoms with Gasteiger partial charge in [-0.25, -0.2) is 4.98 Å². The third-order valence-corrected chi connectivity index (χ3v) is 3.79. The first-order valence-corrected chi connectivity index (χ1v) is 7.11. The number of halogens is 1. The first kappa shape index (κ1) is 15.5. The lowest BCUT2D eigenvalue weighted by atomic mass is 10.2. The summed E-state index contributed by atoms with van der Waals surface area (Å²) in [6.45, 7) is 0.577. The van der Waals surface area contributed by atoms with E-state index in [0.717, 1.165) is 21.8 Å². The molecule has 3 aromatic rings. The molecule has 0 fully saturated rings. The fourth-order valence-electron chi connectivity index (χ4n) is 1.88. The molecule has 0 saturated carbocycles. The molecule has 0 saturated heterocycles. The summed E-state index contributed by atoms with van der Waals surface area (Å²) in [5.41, 5.74) is 7.90. The molecule has 0 aliphatic heterocycles. The van der Waals surface area contributed by atoms with Gasteiger partial charge in [-0.05, 0) is 35.4 Å². The van der Waals surface area contributed by atoms with E-state index in [0.29, 0.717) is 11.7 Å². The molecular weight excluding hydrogens is 348 g/mol. The van der Waals surface area contributed by atoms with Gasteiger partial charge in [0.25, 0.3) is 0 Å². The van der Waals surface area contributed by atoms with Crippen LogP contribution in [0.5, 0.6) is 5.75 Å². The van der Waals surface area contributed by atoms with Crippen LogP contribution in [-0.4, -0.2) is 4.98 Å². The van der Waals surface area contributed by atoms with E-state index in [-0.39, 0.29) is 17.0 Å². The van der Waals surface area contributed by atoms with Crippen LogP contribution in [0.2, 0.25) is 0 Å². The van der Waals surface area contributed by atoms with Gasteiger partial charge < -0.3 is 10.5 Å². The zero-order valence-corrected chi connectivity index (χ0v) is 13.8. The van der Waals surface area contributed by atoms with Crippen LogP contribution in [0.4, 0.5) is 5.13 Å². The normalized spacial score (nSPS) is 9.90. The average molecular weight is 363 g/mol. The Bertz CT molecular complexity index is 683. The van der Waals surface area contributed by atoms with Crippen LogP contribution in [0.3, 0.4) is 0 Å². The fourth-order valence-corrected chi connectivity index (χ4v) is 2.57. The second kappa shape index (κ2) is 7.24. The molecule has 0 unspecified atom stereocenters. The second-order valence-corrected chi connectivity index (χ2v) is 5.42. The predicted molar refractivity (Wildman–Crippen MR) is 93.1 cm³/mol. The van der Waals surface area contributed by atoms with Crippen LogP contribution in [0.1, 0.15) is 5.56 Å². The summed E-state index contributed by atoms with van der Waals surface area (Å²) in [5.74, 6) is 0.857. The van der Waals surface area contributed by atoms with E-state index >= 15 is 0 Å². The van der Waals surface area contributed by atoms with Crippen molar-refractivity contribution in [3.05, 3.63) is 66.4 Å². The van der Waals surface area contributed by atoms with Crippen molar-refractivity contribution in [1.82, 2.24) is 4.98 Å². The monoisotopic (exact) mass is 362 g/mol. The van der Waals surface area contributed by atoms with E-state index in [1.54, 1.807) is 6.20 Å². The lowest BCUT2D eigenvalue weighted by Crippen LogP contribution is -1.94. The summed E-state index contributed by atoms with van der Waals surface area (Å²) >= 11 is 1.48. The van der Waals surface area contributed by atoms with Crippen LogP contribution in [0.25, 0.3) is 10.4 Å². The van der Waals surface area contributed by atoms with Gasteiger partial charge in [-0.1, -0.05) is 41.7 Å². The zero-order valence-electron chi connectivity index (χ0n) is 11.2.